The normalized spacial score (nSPS) is 33.2. The van der Waals surface area contributed by atoms with E-state index in [1.165, 1.54) is 12.8 Å². The van der Waals surface area contributed by atoms with E-state index in [2.05, 4.69) is 6.08 Å². The van der Waals surface area contributed by atoms with E-state index in [0.717, 1.165) is 50.6 Å². The summed E-state index contributed by atoms with van der Waals surface area (Å²) in [7, 11) is 0. The third kappa shape index (κ3) is 2.33. The maximum absolute atomic E-state index is 12.4. The first-order chi connectivity index (χ1) is 8.69. The van der Waals surface area contributed by atoms with Crippen molar-refractivity contribution in [3.05, 3.63) is 11.6 Å². The zero-order valence-corrected chi connectivity index (χ0v) is 11.0. The largest absolute Gasteiger partial charge is 0.388 e. The molecule has 2 aliphatic carbocycles. The molecular formula is C15H23NO2. The van der Waals surface area contributed by atoms with E-state index in [4.69, 9.17) is 0 Å². The molecule has 3 heteroatoms. The highest BCUT2D eigenvalue weighted by atomic mass is 16.3. The average molecular weight is 249 g/mol. The molecule has 1 N–H and O–H groups in total. The summed E-state index contributed by atoms with van der Waals surface area (Å²) in [4.78, 5) is 14.3. The van der Waals surface area contributed by atoms with Crippen molar-refractivity contribution in [2.45, 2.75) is 57.0 Å². The highest BCUT2D eigenvalue weighted by molar-refractivity contribution is 5.93. The molecule has 1 heterocycles. The van der Waals surface area contributed by atoms with Gasteiger partial charge in [-0.15, -0.1) is 0 Å². The van der Waals surface area contributed by atoms with Crippen LogP contribution >= 0.6 is 0 Å². The zero-order chi connectivity index (χ0) is 12.6. The van der Waals surface area contributed by atoms with Gasteiger partial charge in [-0.25, -0.2) is 0 Å². The predicted molar refractivity (Wildman–Crippen MR) is 70.0 cm³/mol. The fourth-order valence-corrected chi connectivity index (χ4v) is 3.36. The van der Waals surface area contributed by atoms with Gasteiger partial charge >= 0.3 is 0 Å². The van der Waals surface area contributed by atoms with Gasteiger partial charge in [0.05, 0.1) is 12.1 Å². The Labute approximate surface area is 109 Å². The van der Waals surface area contributed by atoms with E-state index in [0.29, 0.717) is 12.5 Å². The lowest BCUT2D eigenvalue weighted by Gasteiger charge is -2.23. The maximum atomic E-state index is 12.4. The van der Waals surface area contributed by atoms with Crippen LogP contribution in [0.15, 0.2) is 11.6 Å². The first-order valence-electron chi connectivity index (χ1n) is 7.40. The fourth-order valence-electron chi connectivity index (χ4n) is 3.36. The van der Waals surface area contributed by atoms with Gasteiger partial charge in [0.15, 0.2) is 0 Å². The summed E-state index contributed by atoms with van der Waals surface area (Å²) in [5.41, 5.74) is 0.425. The average Bonchev–Trinajstić information content (AvgIpc) is 3.17. The van der Waals surface area contributed by atoms with E-state index in [1.807, 2.05) is 4.90 Å². The number of carbonyl (C=O) groups is 1. The van der Waals surface area contributed by atoms with Crippen molar-refractivity contribution in [1.82, 2.24) is 4.90 Å². The molecule has 3 aliphatic rings. The van der Waals surface area contributed by atoms with Crippen LogP contribution in [0.3, 0.4) is 0 Å². The van der Waals surface area contributed by atoms with Crippen LogP contribution in [0.2, 0.25) is 0 Å². The minimum atomic E-state index is -0.569. The Bertz CT molecular complexity index is 373. The summed E-state index contributed by atoms with van der Waals surface area (Å²) in [6, 6.07) is 0. The Morgan fingerprint density at radius 1 is 1.33 bits per heavy atom. The third-order valence-electron chi connectivity index (χ3n) is 4.72. The number of rotatable bonds is 2. The number of aliphatic hydroxyl groups is 1. The van der Waals surface area contributed by atoms with Gasteiger partial charge in [0.2, 0.25) is 5.91 Å². The van der Waals surface area contributed by atoms with Crippen LogP contribution < -0.4 is 0 Å². The first kappa shape index (κ1) is 12.2. The summed E-state index contributed by atoms with van der Waals surface area (Å²) < 4.78 is 0. The Balaban J connectivity index is 1.64. The number of hydrogen-bond acceptors (Lipinski definition) is 2. The smallest absolute Gasteiger partial charge is 0.249 e. The van der Waals surface area contributed by atoms with E-state index in [-0.39, 0.29) is 5.91 Å². The fraction of sp³-hybridized carbons (Fsp3) is 0.800. The number of carbonyl (C=O) groups excluding carboxylic acids is 1. The van der Waals surface area contributed by atoms with Crippen molar-refractivity contribution in [3.8, 4) is 0 Å². The van der Waals surface area contributed by atoms with Gasteiger partial charge in [0, 0.05) is 12.1 Å². The molecule has 3 nitrogen and oxygen atoms in total. The number of nitrogens with zero attached hydrogens (tertiary/aromatic N) is 1. The van der Waals surface area contributed by atoms with Crippen LogP contribution in [-0.2, 0) is 4.79 Å². The molecule has 0 aromatic rings. The van der Waals surface area contributed by atoms with Gasteiger partial charge in [-0.1, -0.05) is 12.5 Å². The highest BCUT2D eigenvalue weighted by Gasteiger charge is 2.49. The zero-order valence-electron chi connectivity index (χ0n) is 11.0. The maximum Gasteiger partial charge on any atom is 0.249 e. The third-order valence-corrected chi connectivity index (χ3v) is 4.72. The number of amides is 1. The summed E-state index contributed by atoms with van der Waals surface area (Å²) in [6.45, 7) is 1.30. The van der Waals surface area contributed by atoms with Gasteiger partial charge in [0.1, 0.15) is 0 Å². The summed E-state index contributed by atoms with van der Waals surface area (Å²) in [5, 5.41) is 10.5. The van der Waals surface area contributed by atoms with E-state index in [9.17, 15) is 9.90 Å². The lowest BCUT2D eigenvalue weighted by atomic mass is 9.97. The van der Waals surface area contributed by atoms with E-state index in [1.54, 1.807) is 0 Å². The SMILES string of the molecule is O=C(C1=CCCCCC1)N1CCC(O)(C2CC2)C1. The van der Waals surface area contributed by atoms with Crippen LogP contribution in [0.4, 0.5) is 0 Å². The lowest BCUT2D eigenvalue weighted by Crippen LogP contribution is -2.38. The van der Waals surface area contributed by atoms with Gasteiger partial charge in [-0.2, -0.15) is 0 Å². The number of β-amino-alcohol motifs (C(OH)–C–C–N with tert-alkyl or cyclic N) is 1. The second kappa shape index (κ2) is 4.69. The monoisotopic (exact) mass is 249 g/mol. The molecular weight excluding hydrogens is 226 g/mol. The molecule has 1 unspecified atom stereocenters. The summed E-state index contributed by atoms with van der Waals surface area (Å²) in [5.74, 6) is 0.645. The van der Waals surface area contributed by atoms with E-state index >= 15 is 0 Å². The Morgan fingerprint density at radius 2 is 2.17 bits per heavy atom. The summed E-state index contributed by atoms with van der Waals surface area (Å²) >= 11 is 0. The summed E-state index contributed by atoms with van der Waals surface area (Å²) in [6.07, 6.45) is 10.7. The van der Waals surface area contributed by atoms with Crippen molar-refractivity contribution in [2.75, 3.05) is 13.1 Å². The molecule has 3 rings (SSSR count). The number of likely N-dealkylation sites (tertiary alicyclic amines) is 1. The van der Waals surface area contributed by atoms with Crippen molar-refractivity contribution in [2.24, 2.45) is 5.92 Å². The van der Waals surface area contributed by atoms with Crippen molar-refractivity contribution < 1.29 is 9.90 Å². The van der Waals surface area contributed by atoms with Crippen molar-refractivity contribution in [3.63, 3.8) is 0 Å². The molecule has 0 spiro atoms. The van der Waals surface area contributed by atoms with Crippen LogP contribution in [0, 0.1) is 5.92 Å². The Morgan fingerprint density at radius 3 is 2.94 bits per heavy atom. The Hall–Kier alpha value is -0.830. The lowest BCUT2D eigenvalue weighted by molar-refractivity contribution is -0.127. The van der Waals surface area contributed by atoms with Crippen molar-refractivity contribution in [1.29, 1.82) is 0 Å². The minimum Gasteiger partial charge on any atom is -0.388 e. The highest BCUT2D eigenvalue weighted by Crippen LogP contribution is 2.44. The molecule has 1 aliphatic heterocycles. The predicted octanol–water partition coefficient (Wildman–Crippen LogP) is 2.25. The molecule has 0 aromatic carbocycles. The standard InChI is InChI=1S/C15H23NO2/c17-14(12-5-3-1-2-4-6-12)16-10-9-15(18,11-16)13-7-8-13/h5,13,18H,1-4,6-11H2. The van der Waals surface area contributed by atoms with Crippen LogP contribution in [0.1, 0.15) is 51.4 Å². The molecule has 1 atom stereocenters. The van der Waals surface area contributed by atoms with Crippen LogP contribution in [-0.4, -0.2) is 34.6 Å². The minimum absolute atomic E-state index is 0.188. The molecule has 18 heavy (non-hydrogen) atoms. The van der Waals surface area contributed by atoms with E-state index < -0.39 is 5.60 Å². The number of hydrogen-bond donors (Lipinski definition) is 1. The quantitative estimate of drug-likeness (QED) is 0.815. The molecule has 1 amide bonds. The first-order valence-corrected chi connectivity index (χ1v) is 7.40. The Kier molecular flexibility index (Phi) is 3.18. The van der Waals surface area contributed by atoms with Crippen LogP contribution in [0.5, 0.6) is 0 Å². The molecule has 0 aromatic heterocycles. The molecule has 0 radical (unpaired) electrons. The molecule has 2 fully saturated rings. The molecule has 1 saturated heterocycles. The second-order valence-electron chi connectivity index (χ2n) is 6.18. The van der Waals surface area contributed by atoms with Crippen molar-refractivity contribution >= 4 is 5.91 Å². The van der Waals surface area contributed by atoms with Gasteiger partial charge < -0.3 is 10.0 Å². The van der Waals surface area contributed by atoms with Gasteiger partial charge in [-0.3, -0.25) is 4.79 Å². The second-order valence-corrected chi connectivity index (χ2v) is 6.18. The van der Waals surface area contributed by atoms with Gasteiger partial charge in [0.25, 0.3) is 0 Å². The molecule has 0 bridgehead atoms. The topological polar surface area (TPSA) is 40.5 Å². The van der Waals surface area contributed by atoms with Crippen LogP contribution in [0.25, 0.3) is 0 Å². The number of allylic oxidation sites excluding steroid dienone is 1. The molecule has 100 valence electrons. The molecule has 1 saturated carbocycles. The van der Waals surface area contributed by atoms with Gasteiger partial charge in [-0.05, 0) is 50.9 Å².